The molecule has 26 heavy (non-hydrogen) atoms. The summed E-state index contributed by atoms with van der Waals surface area (Å²) < 4.78 is 14.3. The van der Waals surface area contributed by atoms with E-state index in [0.717, 1.165) is 4.47 Å². The molecule has 4 rings (SSSR count). The molecule has 0 saturated heterocycles. The summed E-state index contributed by atoms with van der Waals surface area (Å²) in [6, 6.07) is 9.75. The third-order valence-electron chi connectivity index (χ3n) is 3.95. The summed E-state index contributed by atoms with van der Waals surface area (Å²) in [4.78, 5) is 24.0. The van der Waals surface area contributed by atoms with Crippen LogP contribution in [-0.4, -0.2) is 20.9 Å². The Morgan fingerprint density at radius 1 is 1.19 bits per heavy atom. The SMILES string of the molecule is O=C(Nc1cnccc1-c1cccc(F)c1)c1c[nH]c2ncc(Br)cc12. The molecule has 1 aromatic carbocycles. The van der Waals surface area contributed by atoms with Crippen molar-refractivity contribution in [2.24, 2.45) is 0 Å². The van der Waals surface area contributed by atoms with Gasteiger partial charge >= 0.3 is 0 Å². The molecule has 3 heterocycles. The number of anilines is 1. The molecule has 0 aliphatic rings. The number of amides is 1. The minimum atomic E-state index is -0.343. The fraction of sp³-hybridized carbons (Fsp3) is 0. The number of aromatic amines is 1. The molecule has 0 bridgehead atoms. The zero-order valence-electron chi connectivity index (χ0n) is 13.3. The summed E-state index contributed by atoms with van der Waals surface area (Å²) in [6.45, 7) is 0. The topological polar surface area (TPSA) is 70.7 Å². The number of nitrogens with one attached hydrogen (secondary N) is 2. The van der Waals surface area contributed by atoms with E-state index in [9.17, 15) is 9.18 Å². The first-order valence-electron chi connectivity index (χ1n) is 7.76. The van der Waals surface area contributed by atoms with Crippen molar-refractivity contribution in [2.75, 3.05) is 5.32 Å². The summed E-state index contributed by atoms with van der Waals surface area (Å²) >= 11 is 3.36. The van der Waals surface area contributed by atoms with E-state index < -0.39 is 0 Å². The second-order valence-corrected chi connectivity index (χ2v) is 6.55. The summed E-state index contributed by atoms with van der Waals surface area (Å²) in [7, 11) is 0. The van der Waals surface area contributed by atoms with E-state index in [-0.39, 0.29) is 11.7 Å². The number of fused-ring (bicyclic) bond motifs is 1. The number of nitrogens with zero attached hydrogens (tertiary/aromatic N) is 2. The van der Waals surface area contributed by atoms with Gasteiger partial charge in [0.1, 0.15) is 11.5 Å². The van der Waals surface area contributed by atoms with Crippen molar-refractivity contribution in [1.29, 1.82) is 0 Å². The van der Waals surface area contributed by atoms with Gasteiger partial charge in [-0.05, 0) is 45.8 Å². The molecular weight excluding hydrogens is 399 g/mol. The van der Waals surface area contributed by atoms with Gasteiger partial charge in [0.2, 0.25) is 0 Å². The lowest BCUT2D eigenvalue weighted by Crippen LogP contribution is -2.12. The third-order valence-corrected chi connectivity index (χ3v) is 4.38. The Balaban J connectivity index is 1.71. The Morgan fingerprint density at radius 3 is 2.92 bits per heavy atom. The Labute approximate surface area is 156 Å². The first kappa shape index (κ1) is 16.4. The van der Waals surface area contributed by atoms with Gasteiger partial charge in [-0.25, -0.2) is 9.37 Å². The first-order chi connectivity index (χ1) is 12.6. The lowest BCUT2D eigenvalue weighted by molar-refractivity contribution is 0.102. The summed E-state index contributed by atoms with van der Waals surface area (Å²) in [5, 5.41) is 3.56. The molecule has 0 fully saturated rings. The molecule has 7 heteroatoms. The Bertz CT molecular complexity index is 1130. The van der Waals surface area contributed by atoms with Crippen LogP contribution in [0.5, 0.6) is 0 Å². The zero-order valence-corrected chi connectivity index (χ0v) is 14.9. The highest BCUT2D eigenvalue weighted by Gasteiger charge is 2.15. The normalized spacial score (nSPS) is 10.8. The van der Waals surface area contributed by atoms with Crippen LogP contribution in [0.3, 0.4) is 0 Å². The molecule has 0 aliphatic heterocycles. The van der Waals surface area contributed by atoms with Crippen LogP contribution >= 0.6 is 15.9 Å². The number of benzene rings is 1. The highest BCUT2D eigenvalue weighted by molar-refractivity contribution is 9.10. The predicted molar refractivity (Wildman–Crippen MR) is 101 cm³/mol. The maximum absolute atomic E-state index is 13.6. The number of aromatic nitrogens is 3. The van der Waals surface area contributed by atoms with Gasteiger partial charge in [0, 0.05) is 34.0 Å². The minimum Gasteiger partial charge on any atom is -0.345 e. The number of carbonyl (C=O) groups is 1. The van der Waals surface area contributed by atoms with Crippen molar-refractivity contribution >= 4 is 38.6 Å². The Hall–Kier alpha value is -3.06. The summed E-state index contributed by atoms with van der Waals surface area (Å²) in [5.74, 6) is -0.647. The zero-order chi connectivity index (χ0) is 18.1. The number of rotatable bonds is 3. The Morgan fingerprint density at radius 2 is 2.08 bits per heavy atom. The standard InChI is InChI=1S/C19H12BrFN4O/c20-12-7-15-16(9-24-18(15)23-8-12)19(26)25-17-10-22-5-4-14(17)11-2-1-3-13(21)6-11/h1-10H,(H,23,24)(H,25,26). The van der Waals surface area contributed by atoms with E-state index in [0.29, 0.717) is 33.4 Å². The van der Waals surface area contributed by atoms with Gasteiger partial charge in [0.25, 0.3) is 5.91 Å². The smallest absolute Gasteiger partial charge is 0.257 e. The van der Waals surface area contributed by atoms with Crippen LogP contribution in [0.2, 0.25) is 0 Å². The molecule has 0 spiro atoms. The van der Waals surface area contributed by atoms with Crippen LogP contribution in [-0.2, 0) is 0 Å². The molecule has 0 aliphatic carbocycles. The average Bonchev–Trinajstić information content (AvgIpc) is 3.05. The maximum atomic E-state index is 13.6. The van der Waals surface area contributed by atoms with Gasteiger partial charge in [-0.1, -0.05) is 12.1 Å². The van der Waals surface area contributed by atoms with E-state index in [1.165, 1.54) is 12.1 Å². The molecule has 5 nitrogen and oxygen atoms in total. The molecule has 2 N–H and O–H groups in total. The fourth-order valence-corrected chi connectivity index (χ4v) is 3.09. The van der Waals surface area contributed by atoms with Crippen LogP contribution in [0.25, 0.3) is 22.2 Å². The summed E-state index contributed by atoms with van der Waals surface area (Å²) in [6.07, 6.45) is 6.41. The van der Waals surface area contributed by atoms with Crippen LogP contribution in [0.4, 0.5) is 10.1 Å². The van der Waals surface area contributed by atoms with Crippen molar-refractivity contribution in [2.45, 2.75) is 0 Å². The predicted octanol–water partition coefficient (Wildman–Crippen LogP) is 4.78. The van der Waals surface area contributed by atoms with Crippen molar-refractivity contribution in [3.05, 3.63) is 77.0 Å². The molecule has 128 valence electrons. The second kappa shape index (κ2) is 6.68. The van der Waals surface area contributed by atoms with Crippen LogP contribution in [0.15, 0.2) is 65.7 Å². The molecular formula is C19H12BrFN4O. The highest BCUT2D eigenvalue weighted by Crippen LogP contribution is 2.28. The molecule has 4 aromatic rings. The Kier molecular flexibility index (Phi) is 4.22. The van der Waals surface area contributed by atoms with Gasteiger partial charge in [-0.15, -0.1) is 0 Å². The van der Waals surface area contributed by atoms with E-state index in [1.807, 2.05) is 6.07 Å². The maximum Gasteiger partial charge on any atom is 0.257 e. The highest BCUT2D eigenvalue weighted by atomic mass is 79.9. The van der Waals surface area contributed by atoms with Crippen molar-refractivity contribution in [1.82, 2.24) is 15.0 Å². The van der Waals surface area contributed by atoms with E-state index in [2.05, 4.69) is 36.2 Å². The number of H-pyrrole nitrogens is 1. The fourth-order valence-electron chi connectivity index (χ4n) is 2.76. The number of carbonyl (C=O) groups excluding carboxylic acids is 1. The number of halogens is 2. The molecule has 0 saturated carbocycles. The van der Waals surface area contributed by atoms with Gasteiger partial charge in [0.15, 0.2) is 0 Å². The monoisotopic (exact) mass is 410 g/mol. The van der Waals surface area contributed by atoms with Gasteiger partial charge < -0.3 is 10.3 Å². The lowest BCUT2D eigenvalue weighted by Gasteiger charge is -2.10. The number of hydrogen-bond acceptors (Lipinski definition) is 3. The molecule has 0 unspecified atom stereocenters. The van der Waals surface area contributed by atoms with Crippen molar-refractivity contribution in [3.63, 3.8) is 0 Å². The van der Waals surface area contributed by atoms with Gasteiger partial charge in [-0.2, -0.15) is 0 Å². The van der Waals surface area contributed by atoms with Crippen molar-refractivity contribution in [3.8, 4) is 11.1 Å². The van der Waals surface area contributed by atoms with Crippen molar-refractivity contribution < 1.29 is 9.18 Å². The van der Waals surface area contributed by atoms with Gasteiger partial charge in [0.05, 0.1) is 17.4 Å². The number of pyridine rings is 2. The molecule has 0 radical (unpaired) electrons. The van der Waals surface area contributed by atoms with Gasteiger partial charge in [-0.3, -0.25) is 9.78 Å². The quantitative estimate of drug-likeness (QED) is 0.510. The number of hydrogen-bond donors (Lipinski definition) is 2. The average molecular weight is 411 g/mol. The van der Waals surface area contributed by atoms with E-state index in [4.69, 9.17) is 0 Å². The molecule has 1 amide bonds. The van der Waals surface area contributed by atoms with Crippen LogP contribution in [0, 0.1) is 5.82 Å². The van der Waals surface area contributed by atoms with Crippen LogP contribution < -0.4 is 5.32 Å². The second-order valence-electron chi connectivity index (χ2n) is 5.64. The first-order valence-corrected chi connectivity index (χ1v) is 8.55. The minimum absolute atomic E-state index is 0.304. The lowest BCUT2D eigenvalue weighted by atomic mass is 10.1. The van der Waals surface area contributed by atoms with E-state index in [1.54, 1.807) is 43.0 Å². The largest absolute Gasteiger partial charge is 0.345 e. The molecule has 3 aromatic heterocycles. The summed E-state index contributed by atoms with van der Waals surface area (Å²) in [5.41, 5.74) is 2.93. The van der Waals surface area contributed by atoms with Crippen LogP contribution in [0.1, 0.15) is 10.4 Å². The van der Waals surface area contributed by atoms with E-state index >= 15 is 0 Å². The molecule has 0 atom stereocenters. The third kappa shape index (κ3) is 3.09.